The van der Waals surface area contributed by atoms with Crippen LogP contribution in [0.25, 0.3) is 6.08 Å². The van der Waals surface area contributed by atoms with Crippen LogP contribution in [0.15, 0.2) is 35.9 Å². The van der Waals surface area contributed by atoms with E-state index in [0.717, 1.165) is 30.4 Å². The van der Waals surface area contributed by atoms with E-state index >= 15 is 0 Å². The zero-order valence-electron chi connectivity index (χ0n) is 10.2. The number of ketones is 1. The summed E-state index contributed by atoms with van der Waals surface area (Å²) in [5, 5.41) is 0. The standard InChI is InChI=1S/C15H20O/c1-3-4-6-11-15(16)13(2)12-14-9-7-5-8-10-14/h5,7-10,12H,3-4,6,11H2,1-2H3/b13-12+. The molecule has 16 heavy (non-hydrogen) atoms. The summed E-state index contributed by atoms with van der Waals surface area (Å²) in [6.07, 6.45) is 5.96. The lowest BCUT2D eigenvalue weighted by molar-refractivity contribution is -0.115. The first-order valence-corrected chi connectivity index (χ1v) is 6.00. The molecule has 0 aliphatic carbocycles. The first kappa shape index (κ1) is 12.7. The molecule has 0 amide bonds. The highest BCUT2D eigenvalue weighted by Crippen LogP contribution is 2.10. The van der Waals surface area contributed by atoms with Crippen molar-refractivity contribution in [1.29, 1.82) is 0 Å². The Balaban J connectivity index is 2.53. The van der Waals surface area contributed by atoms with Crippen molar-refractivity contribution in [3.05, 3.63) is 41.5 Å². The van der Waals surface area contributed by atoms with Gasteiger partial charge in [-0.2, -0.15) is 0 Å². The molecule has 0 atom stereocenters. The van der Waals surface area contributed by atoms with Gasteiger partial charge in [0.15, 0.2) is 5.78 Å². The van der Waals surface area contributed by atoms with E-state index in [-0.39, 0.29) is 5.78 Å². The van der Waals surface area contributed by atoms with E-state index in [9.17, 15) is 4.79 Å². The van der Waals surface area contributed by atoms with Crippen LogP contribution in [-0.4, -0.2) is 5.78 Å². The fourth-order valence-corrected chi connectivity index (χ4v) is 1.61. The second-order valence-electron chi connectivity index (χ2n) is 4.12. The van der Waals surface area contributed by atoms with Crippen molar-refractivity contribution in [2.24, 2.45) is 0 Å². The summed E-state index contributed by atoms with van der Waals surface area (Å²) in [6, 6.07) is 9.99. The highest BCUT2D eigenvalue weighted by molar-refractivity contribution is 5.98. The SMILES string of the molecule is CCCCCC(=O)/C(C)=C/c1ccccc1. The second-order valence-corrected chi connectivity index (χ2v) is 4.12. The van der Waals surface area contributed by atoms with Gasteiger partial charge in [0.25, 0.3) is 0 Å². The van der Waals surface area contributed by atoms with Crippen LogP contribution in [0.5, 0.6) is 0 Å². The van der Waals surface area contributed by atoms with Gasteiger partial charge in [-0.1, -0.05) is 50.1 Å². The number of Topliss-reactive ketones (excluding diaryl/α,β-unsaturated/α-hetero) is 1. The van der Waals surface area contributed by atoms with E-state index in [2.05, 4.69) is 6.92 Å². The van der Waals surface area contributed by atoms with Crippen LogP contribution in [0.1, 0.15) is 45.1 Å². The fourth-order valence-electron chi connectivity index (χ4n) is 1.61. The molecule has 0 bridgehead atoms. The van der Waals surface area contributed by atoms with Crippen LogP contribution in [0, 0.1) is 0 Å². The maximum atomic E-state index is 11.8. The summed E-state index contributed by atoms with van der Waals surface area (Å²) >= 11 is 0. The second kappa shape index (κ2) is 7.00. The topological polar surface area (TPSA) is 17.1 Å². The lowest BCUT2D eigenvalue weighted by atomic mass is 10.0. The lowest BCUT2D eigenvalue weighted by Gasteiger charge is -2.01. The normalized spacial score (nSPS) is 11.5. The average molecular weight is 216 g/mol. The summed E-state index contributed by atoms with van der Waals surface area (Å²) in [5.41, 5.74) is 1.96. The molecular weight excluding hydrogens is 196 g/mol. The molecule has 0 N–H and O–H groups in total. The maximum Gasteiger partial charge on any atom is 0.158 e. The molecule has 0 fully saturated rings. The molecule has 1 rings (SSSR count). The number of benzene rings is 1. The predicted octanol–water partition coefficient (Wildman–Crippen LogP) is 4.24. The number of carbonyl (C=O) groups excluding carboxylic acids is 1. The molecule has 0 heterocycles. The molecule has 1 heteroatoms. The van der Waals surface area contributed by atoms with Gasteiger partial charge in [-0.15, -0.1) is 0 Å². The van der Waals surface area contributed by atoms with Crippen LogP contribution in [0.4, 0.5) is 0 Å². The molecule has 1 nitrogen and oxygen atoms in total. The van der Waals surface area contributed by atoms with Gasteiger partial charge in [-0.05, 0) is 30.6 Å². The fraction of sp³-hybridized carbons (Fsp3) is 0.400. The third-order valence-electron chi connectivity index (χ3n) is 2.63. The summed E-state index contributed by atoms with van der Waals surface area (Å²) < 4.78 is 0. The van der Waals surface area contributed by atoms with Crippen molar-refractivity contribution in [3.8, 4) is 0 Å². The van der Waals surface area contributed by atoms with Gasteiger partial charge in [0.1, 0.15) is 0 Å². The Morgan fingerprint density at radius 2 is 1.88 bits per heavy atom. The van der Waals surface area contributed by atoms with Crippen molar-refractivity contribution < 1.29 is 4.79 Å². The van der Waals surface area contributed by atoms with Gasteiger partial charge >= 0.3 is 0 Å². The van der Waals surface area contributed by atoms with Crippen molar-refractivity contribution >= 4 is 11.9 Å². The molecule has 1 aromatic rings. The Morgan fingerprint density at radius 1 is 1.19 bits per heavy atom. The Bertz CT molecular complexity index is 349. The van der Waals surface area contributed by atoms with Gasteiger partial charge in [0, 0.05) is 6.42 Å². The Hall–Kier alpha value is -1.37. The number of hydrogen-bond acceptors (Lipinski definition) is 1. The smallest absolute Gasteiger partial charge is 0.158 e. The number of hydrogen-bond donors (Lipinski definition) is 0. The molecule has 86 valence electrons. The van der Waals surface area contributed by atoms with Gasteiger partial charge in [0.2, 0.25) is 0 Å². The number of rotatable bonds is 6. The summed E-state index contributed by atoms with van der Waals surface area (Å²) in [6.45, 7) is 4.05. The third-order valence-corrected chi connectivity index (χ3v) is 2.63. The first-order chi connectivity index (χ1) is 7.74. The molecule has 1 aromatic carbocycles. The third kappa shape index (κ3) is 4.43. The quantitative estimate of drug-likeness (QED) is 0.513. The molecule has 0 unspecified atom stereocenters. The predicted molar refractivity (Wildman–Crippen MR) is 69.2 cm³/mol. The number of carbonyl (C=O) groups is 1. The molecule has 0 saturated heterocycles. The maximum absolute atomic E-state index is 11.8. The van der Waals surface area contributed by atoms with Crippen LogP contribution in [0.3, 0.4) is 0 Å². The highest BCUT2D eigenvalue weighted by Gasteiger charge is 2.03. The zero-order chi connectivity index (χ0) is 11.8. The van der Waals surface area contributed by atoms with Gasteiger partial charge in [0.05, 0.1) is 0 Å². The van der Waals surface area contributed by atoms with E-state index in [1.807, 2.05) is 43.3 Å². The molecule has 0 radical (unpaired) electrons. The lowest BCUT2D eigenvalue weighted by Crippen LogP contribution is -1.98. The van der Waals surface area contributed by atoms with Gasteiger partial charge in [-0.3, -0.25) is 4.79 Å². The van der Waals surface area contributed by atoms with E-state index in [0.29, 0.717) is 6.42 Å². The van der Waals surface area contributed by atoms with E-state index in [4.69, 9.17) is 0 Å². The summed E-state index contributed by atoms with van der Waals surface area (Å²) in [4.78, 5) is 11.8. The monoisotopic (exact) mass is 216 g/mol. The number of unbranched alkanes of at least 4 members (excludes halogenated alkanes) is 2. The highest BCUT2D eigenvalue weighted by atomic mass is 16.1. The van der Waals surface area contributed by atoms with Gasteiger partial charge in [-0.25, -0.2) is 0 Å². The Labute approximate surface area is 98.2 Å². The largest absolute Gasteiger partial charge is 0.295 e. The number of allylic oxidation sites excluding steroid dienone is 1. The van der Waals surface area contributed by atoms with Crippen LogP contribution >= 0.6 is 0 Å². The van der Waals surface area contributed by atoms with E-state index in [1.165, 1.54) is 0 Å². The summed E-state index contributed by atoms with van der Waals surface area (Å²) in [7, 11) is 0. The first-order valence-electron chi connectivity index (χ1n) is 6.00. The molecule has 0 aromatic heterocycles. The minimum atomic E-state index is 0.275. The molecule has 0 spiro atoms. The molecule has 0 aliphatic heterocycles. The van der Waals surface area contributed by atoms with Crippen LogP contribution < -0.4 is 0 Å². The van der Waals surface area contributed by atoms with Gasteiger partial charge < -0.3 is 0 Å². The summed E-state index contributed by atoms with van der Waals surface area (Å²) in [5.74, 6) is 0.275. The zero-order valence-corrected chi connectivity index (χ0v) is 10.2. The minimum absolute atomic E-state index is 0.275. The Kier molecular flexibility index (Phi) is 5.55. The van der Waals surface area contributed by atoms with Crippen LogP contribution in [-0.2, 0) is 4.79 Å². The molecule has 0 saturated carbocycles. The van der Waals surface area contributed by atoms with Crippen molar-refractivity contribution in [3.63, 3.8) is 0 Å². The average Bonchev–Trinajstić information content (AvgIpc) is 2.30. The van der Waals surface area contributed by atoms with Crippen LogP contribution in [0.2, 0.25) is 0 Å². The molecular formula is C15H20O. The van der Waals surface area contributed by atoms with E-state index < -0.39 is 0 Å². The van der Waals surface area contributed by atoms with Crippen molar-refractivity contribution in [2.45, 2.75) is 39.5 Å². The minimum Gasteiger partial charge on any atom is -0.295 e. The van der Waals surface area contributed by atoms with E-state index in [1.54, 1.807) is 0 Å². The molecule has 0 aliphatic rings. The van der Waals surface area contributed by atoms with Crippen molar-refractivity contribution in [2.75, 3.05) is 0 Å². The van der Waals surface area contributed by atoms with Crippen molar-refractivity contribution in [1.82, 2.24) is 0 Å². The Morgan fingerprint density at radius 3 is 2.50 bits per heavy atom.